The van der Waals surface area contributed by atoms with Gasteiger partial charge < -0.3 is 5.73 Å². The van der Waals surface area contributed by atoms with E-state index in [4.69, 9.17) is 10.7 Å². The van der Waals surface area contributed by atoms with E-state index in [1.54, 1.807) is 0 Å². The van der Waals surface area contributed by atoms with Crippen LogP contribution in [0.15, 0.2) is 30.3 Å². The maximum Gasteiger partial charge on any atom is 0.0994 e. The summed E-state index contributed by atoms with van der Waals surface area (Å²) in [7, 11) is 0. The van der Waals surface area contributed by atoms with E-state index in [0.717, 1.165) is 12.1 Å². The molecule has 1 fully saturated rings. The minimum atomic E-state index is 0.348. The Bertz CT molecular complexity index is 541. The molecular weight excluding hydrogens is 240 g/mol. The summed E-state index contributed by atoms with van der Waals surface area (Å²) in [6, 6.07) is 10.4. The molecule has 0 bridgehead atoms. The molecule has 0 aliphatic heterocycles. The van der Waals surface area contributed by atoms with Crippen molar-refractivity contribution in [3.8, 4) is 11.3 Å². The van der Waals surface area contributed by atoms with Gasteiger partial charge in [0.2, 0.25) is 0 Å². The van der Waals surface area contributed by atoms with Crippen molar-refractivity contribution in [1.29, 1.82) is 0 Å². The van der Waals surface area contributed by atoms with Crippen molar-refractivity contribution >= 4 is 11.3 Å². The van der Waals surface area contributed by atoms with Crippen molar-refractivity contribution in [3.05, 3.63) is 40.2 Å². The van der Waals surface area contributed by atoms with Crippen LogP contribution in [0.4, 0.5) is 0 Å². The third kappa shape index (κ3) is 2.08. The lowest BCUT2D eigenvalue weighted by molar-refractivity contribution is 0.777. The summed E-state index contributed by atoms with van der Waals surface area (Å²) in [5.41, 5.74) is 8.43. The summed E-state index contributed by atoms with van der Waals surface area (Å²) in [4.78, 5) is 6.24. The second kappa shape index (κ2) is 4.48. The quantitative estimate of drug-likeness (QED) is 0.913. The van der Waals surface area contributed by atoms with E-state index in [1.165, 1.54) is 28.3 Å². The van der Waals surface area contributed by atoms with E-state index < -0.39 is 0 Å². The van der Waals surface area contributed by atoms with Gasteiger partial charge in [-0.15, -0.1) is 11.3 Å². The maximum absolute atomic E-state index is 5.72. The van der Waals surface area contributed by atoms with Gasteiger partial charge in [0.1, 0.15) is 0 Å². The van der Waals surface area contributed by atoms with Crippen LogP contribution in [0.1, 0.15) is 29.7 Å². The van der Waals surface area contributed by atoms with Crippen molar-refractivity contribution in [3.63, 3.8) is 0 Å². The van der Waals surface area contributed by atoms with E-state index in [1.807, 2.05) is 17.4 Å². The lowest BCUT2D eigenvalue weighted by Gasteiger charge is -2.01. The van der Waals surface area contributed by atoms with Crippen LogP contribution in [0.5, 0.6) is 0 Å². The van der Waals surface area contributed by atoms with Gasteiger partial charge in [-0.2, -0.15) is 0 Å². The molecule has 3 rings (SSSR count). The monoisotopic (exact) mass is 258 g/mol. The van der Waals surface area contributed by atoms with Crippen molar-refractivity contribution in [1.82, 2.24) is 4.98 Å². The molecule has 94 valence electrons. The first-order chi connectivity index (χ1) is 8.73. The molecule has 0 spiro atoms. The molecule has 1 aromatic carbocycles. The molecular formula is C15H18N2S. The fourth-order valence-electron chi connectivity index (χ4n) is 2.13. The van der Waals surface area contributed by atoms with Crippen LogP contribution in [0.3, 0.4) is 0 Å². The van der Waals surface area contributed by atoms with Gasteiger partial charge in [0.15, 0.2) is 0 Å². The molecule has 18 heavy (non-hydrogen) atoms. The molecule has 3 heteroatoms. The fraction of sp³-hybridized carbons (Fsp3) is 0.400. The average molecular weight is 258 g/mol. The minimum Gasteiger partial charge on any atom is -0.330 e. The standard InChI is InChI=1S/C15H18N2S/c1-15(8-9-15)14-17-13(12(18-14)7-10-16)11-5-3-2-4-6-11/h2-6H,7-10,16H2,1H3. The lowest BCUT2D eigenvalue weighted by atomic mass is 10.1. The molecule has 0 radical (unpaired) electrons. The van der Waals surface area contributed by atoms with Gasteiger partial charge in [-0.3, -0.25) is 0 Å². The number of hydrogen-bond acceptors (Lipinski definition) is 3. The van der Waals surface area contributed by atoms with Gasteiger partial charge in [-0.25, -0.2) is 4.98 Å². The normalized spacial score (nSPS) is 16.8. The summed E-state index contributed by atoms with van der Waals surface area (Å²) in [6.45, 7) is 3.00. The van der Waals surface area contributed by atoms with Gasteiger partial charge in [0, 0.05) is 15.9 Å². The summed E-state index contributed by atoms with van der Waals surface area (Å²) in [5, 5.41) is 1.30. The highest BCUT2D eigenvalue weighted by Gasteiger charge is 2.42. The minimum absolute atomic E-state index is 0.348. The molecule has 1 aliphatic rings. The van der Waals surface area contributed by atoms with E-state index in [-0.39, 0.29) is 0 Å². The van der Waals surface area contributed by atoms with E-state index in [9.17, 15) is 0 Å². The van der Waals surface area contributed by atoms with Crippen LogP contribution in [0, 0.1) is 0 Å². The molecule has 0 amide bonds. The van der Waals surface area contributed by atoms with E-state index in [0.29, 0.717) is 12.0 Å². The molecule has 0 unspecified atom stereocenters. The Balaban J connectivity index is 2.04. The Hall–Kier alpha value is -1.19. The number of benzene rings is 1. The van der Waals surface area contributed by atoms with Crippen molar-refractivity contribution in [2.24, 2.45) is 5.73 Å². The average Bonchev–Trinajstić information content (AvgIpc) is 3.00. The zero-order chi connectivity index (χ0) is 12.6. The molecule has 2 N–H and O–H groups in total. The number of aromatic nitrogens is 1. The smallest absolute Gasteiger partial charge is 0.0994 e. The first kappa shape index (κ1) is 11.9. The fourth-order valence-corrected chi connectivity index (χ4v) is 3.43. The Morgan fingerprint density at radius 2 is 2.00 bits per heavy atom. The third-order valence-electron chi connectivity index (χ3n) is 3.63. The Labute approximate surface area is 112 Å². The first-order valence-corrected chi connectivity index (χ1v) is 7.30. The van der Waals surface area contributed by atoms with Crippen molar-refractivity contribution < 1.29 is 0 Å². The summed E-state index contributed by atoms with van der Waals surface area (Å²) in [5.74, 6) is 0. The Morgan fingerprint density at radius 3 is 2.61 bits per heavy atom. The second-order valence-corrected chi connectivity index (χ2v) is 6.34. The van der Waals surface area contributed by atoms with Crippen LogP contribution in [-0.2, 0) is 11.8 Å². The number of nitrogens with two attached hydrogens (primary N) is 1. The summed E-state index contributed by atoms with van der Waals surface area (Å²) >= 11 is 1.86. The molecule has 0 saturated heterocycles. The molecule has 1 saturated carbocycles. The zero-order valence-corrected chi connectivity index (χ0v) is 11.5. The molecule has 0 atom stereocenters. The highest BCUT2D eigenvalue weighted by Crippen LogP contribution is 2.50. The van der Waals surface area contributed by atoms with Gasteiger partial charge in [0.25, 0.3) is 0 Å². The zero-order valence-electron chi connectivity index (χ0n) is 10.6. The van der Waals surface area contributed by atoms with Gasteiger partial charge in [-0.05, 0) is 25.8 Å². The third-order valence-corrected chi connectivity index (χ3v) is 5.05. The van der Waals surface area contributed by atoms with Gasteiger partial charge in [0.05, 0.1) is 10.7 Å². The molecule has 1 aromatic heterocycles. The topological polar surface area (TPSA) is 38.9 Å². The van der Waals surface area contributed by atoms with Crippen LogP contribution in [0.2, 0.25) is 0 Å². The maximum atomic E-state index is 5.72. The lowest BCUT2D eigenvalue weighted by Crippen LogP contribution is -2.02. The summed E-state index contributed by atoms with van der Waals surface area (Å²) < 4.78 is 0. The predicted molar refractivity (Wildman–Crippen MR) is 76.9 cm³/mol. The molecule has 2 aromatic rings. The molecule has 1 aliphatic carbocycles. The van der Waals surface area contributed by atoms with E-state index >= 15 is 0 Å². The van der Waals surface area contributed by atoms with Crippen molar-refractivity contribution in [2.75, 3.05) is 6.54 Å². The number of rotatable bonds is 4. The molecule has 1 heterocycles. The Kier molecular flexibility index (Phi) is 2.96. The highest BCUT2D eigenvalue weighted by molar-refractivity contribution is 7.12. The number of hydrogen-bond donors (Lipinski definition) is 1. The summed E-state index contributed by atoms with van der Waals surface area (Å²) in [6.07, 6.45) is 3.48. The van der Waals surface area contributed by atoms with Crippen LogP contribution < -0.4 is 5.73 Å². The molecule has 2 nitrogen and oxygen atoms in total. The predicted octanol–water partition coefficient (Wildman–Crippen LogP) is 3.36. The van der Waals surface area contributed by atoms with Crippen LogP contribution >= 0.6 is 11.3 Å². The second-order valence-electron chi connectivity index (χ2n) is 5.26. The van der Waals surface area contributed by atoms with Gasteiger partial charge in [-0.1, -0.05) is 37.3 Å². The van der Waals surface area contributed by atoms with Crippen LogP contribution in [-0.4, -0.2) is 11.5 Å². The largest absolute Gasteiger partial charge is 0.330 e. The number of nitrogens with zero attached hydrogens (tertiary/aromatic N) is 1. The number of thiazole rings is 1. The SMILES string of the molecule is CC1(c2nc(-c3ccccc3)c(CCN)s2)CC1. The van der Waals surface area contributed by atoms with Crippen LogP contribution in [0.25, 0.3) is 11.3 Å². The highest BCUT2D eigenvalue weighted by atomic mass is 32.1. The Morgan fingerprint density at radius 1 is 1.28 bits per heavy atom. The van der Waals surface area contributed by atoms with Crippen molar-refractivity contribution in [2.45, 2.75) is 31.6 Å². The van der Waals surface area contributed by atoms with E-state index in [2.05, 4.69) is 31.2 Å². The first-order valence-electron chi connectivity index (χ1n) is 6.49. The van der Waals surface area contributed by atoms with Gasteiger partial charge >= 0.3 is 0 Å².